The van der Waals surface area contributed by atoms with Crippen molar-refractivity contribution >= 4 is 5.78 Å². The average molecular weight is 208 g/mol. The maximum atomic E-state index is 11.7. The molecule has 86 valence electrons. The van der Waals surface area contributed by atoms with E-state index in [2.05, 4.69) is 13.8 Å². The van der Waals surface area contributed by atoms with Crippen LogP contribution in [0.15, 0.2) is 0 Å². The Bertz CT molecular complexity index is 246. The van der Waals surface area contributed by atoms with E-state index in [1.165, 1.54) is 25.7 Å². The zero-order chi connectivity index (χ0) is 11.0. The summed E-state index contributed by atoms with van der Waals surface area (Å²) in [6.07, 6.45) is 6.50. The fourth-order valence-electron chi connectivity index (χ4n) is 3.99. The highest BCUT2D eigenvalue weighted by Gasteiger charge is 2.41. The largest absolute Gasteiger partial charge is 0.300 e. The molecule has 0 amide bonds. The molecule has 1 nitrogen and oxygen atoms in total. The second-order valence-electron chi connectivity index (χ2n) is 6.02. The second-order valence-corrected chi connectivity index (χ2v) is 6.02. The molecule has 2 aliphatic carbocycles. The van der Waals surface area contributed by atoms with Crippen LogP contribution in [0.1, 0.15) is 52.9 Å². The monoisotopic (exact) mass is 208 g/mol. The summed E-state index contributed by atoms with van der Waals surface area (Å²) in [5, 5.41) is 0. The van der Waals surface area contributed by atoms with E-state index >= 15 is 0 Å². The molecule has 0 aromatic heterocycles. The number of Topliss-reactive ketones (excluding diaryl/α,β-unsaturated/α-hetero) is 1. The lowest BCUT2D eigenvalue weighted by molar-refractivity contribution is -0.126. The summed E-state index contributed by atoms with van der Waals surface area (Å²) in [5.41, 5.74) is 0. The van der Waals surface area contributed by atoms with Crippen LogP contribution in [0.25, 0.3) is 0 Å². The Morgan fingerprint density at radius 3 is 2.40 bits per heavy atom. The van der Waals surface area contributed by atoms with Crippen molar-refractivity contribution in [1.29, 1.82) is 0 Å². The smallest absolute Gasteiger partial charge is 0.133 e. The molecule has 0 unspecified atom stereocenters. The highest BCUT2D eigenvalue weighted by molar-refractivity contribution is 5.78. The molecule has 0 N–H and O–H groups in total. The molecule has 1 heteroatoms. The zero-order valence-electron chi connectivity index (χ0n) is 10.3. The van der Waals surface area contributed by atoms with E-state index in [9.17, 15) is 4.79 Å². The Kier molecular flexibility index (Phi) is 3.18. The van der Waals surface area contributed by atoms with Crippen molar-refractivity contribution in [2.45, 2.75) is 52.9 Å². The maximum Gasteiger partial charge on any atom is 0.133 e. The van der Waals surface area contributed by atoms with Gasteiger partial charge in [0.15, 0.2) is 0 Å². The molecule has 0 heterocycles. The van der Waals surface area contributed by atoms with Gasteiger partial charge in [0, 0.05) is 5.92 Å². The quantitative estimate of drug-likeness (QED) is 0.642. The van der Waals surface area contributed by atoms with Crippen LogP contribution in [-0.2, 0) is 4.79 Å². The molecule has 2 rings (SSSR count). The van der Waals surface area contributed by atoms with Crippen LogP contribution < -0.4 is 0 Å². The van der Waals surface area contributed by atoms with Crippen LogP contribution in [0, 0.1) is 29.6 Å². The first kappa shape index (κ1) is 11.2. The molecule has 0 aromatic carbocycles. The van der Waals surface area contributed by atoms with Crippen LogP contribution in [0.4, 0.5) is 0 Å². The predicted octanol–water partition coefficient (Wildman–Crippen LogP) is 3.67. The van der Waals surface area contributed by atoms with Gasteiger partial charge in [0.1, 0.15) is 5.78 Å². The minimum Gasteiger partial charge on any atom is -0.300 e. The van der Waals surface area contributed by atoms with Crippen molar-refractivity contribution in [3.63, 3.8) is 0 Å². The summed E-state index contributed by atoms with van der Waals surface area (Å²) in [6, 6.07) is 0. The van der Waals surface area contributed by atoms with Crippen molar-refractivity contribution in [1.82, 2.24) is 0 Å². The fraction of sp³-hybridized carbons (Fsp3) is 0.929. The molecule has 2 saturated carbocycles. The minimum absolute atomic E-state index is 0.397. The number of hydrogen-bond donors (Lipinski definition) is 0. The van der Waals surface area contributed by atoms with Gasteiger partial charge in [0.05, 0.1) is 0 Å². The molecule has 2 fully saturated rings. The number of rotatable bonds is 1. The normalized spacial score (nSPS) is 45.9. The molecule has 0 bridgehead atoms. The van der Waals surface area contributed by atoms with Gasteiger partial charge in [0.25, 0.3) is 0 Å². The van der Waals surface area contributed by atoms with E-state index in [1.54, 1.807) is 6.92 Å². The number of hydrogen-bond acceptors (Lipinski definition) is 1. The van der Waals surface area contributed by atoms with Crippen LogP contribution in [0.5, 0.6) is 0 Å². The van der Waals surface area contributed by atoms with Crippen LogP contribution in [-0.4, -0.2) is 5.78 Å². The molecule has 5 atom stereocenters. The summed E-state index contributed by atoms with van der Waals surface area (Å²) >= 11 is 0. The van der Waals surface area contributed by atoms with Gasteiger partial charge in [-0.1, -0.05) is 20.3 Å². The van der Waals surface area contributed by atoms with Crippen molar-refractivity contribution in [3.8, 4) is 0 Å². The summed E-state index contributed by atoms with van der Waals surface area (Å²) < 4.78 is 0. The lowest BCUT2D eigenvalue weighted by Gasteiger charge is -2.46. The average Bonchev–Trinajstić information content (AvgIpc) is 2.17. The van der Waals surface area contributed by atoms with Gasteiger partial charge in [0.2, 0.25) is 0 Å². The standard InChI is InChI=1S/C14H24O/c1-9-4-6-12-10(2)5-7-13(11(3)15)14(12)8-9/h9-10,12-14H,4-8H2,1-3H3/t9-,10+,12+,13-,14-/m1/s1. The lowest BCUT2D eigenvalue weighted by atomic mass is 9.59. The summed E-state index contributed by atoms with van der Waals surface area (Å²) in [7, 11) is 0. The molecule has 0 spiro atoms. The fourth-order valence-corrected chi connectivity index (χ4v) is 3.99. The predicted molar refractivity (Wildman–Crippen MR) is 62.6 cm³/mol. The lowest BCUT2D eigenvalue weighted by Crippen LogP contribution is -2.40. The van der Waals surface area contributed by atoms with Crippen molar-refractivity contribution in [2.24, 2.45) is 29.6 Å². The third kappa shape index (κ3) is 2.11. The van der Waals surface area contributed by atoms with Crippen LogP contribution in [0.3, 0.4) is 0 Å². The molecule has 0 saturated heterocycles. The van der Waals surface area contributed by atoms with Gasteiger partial charge in [-0.05, 0) is 56.3 Å². The first-order valence-corrected chi connectivity index (χ1v) is 6.60. The Balaban J connectivity index is 2.14. The number of carbonyl (C=O) groups is 1. The van der Waals surface area contributed by atoms with Gasteiger partial charge in [-0.15, -0.1) is 0 Å². The first-order chi connectivity index (χ1) is 7.09. The third-order valence-electron chi connectivity index (χ3n) is 4.92. The topological polar surface area (TPSA) is 17.1 Å². The summed E-state index contributed by atoms with van der Waals surface area (Å²) in [6.45, 7) is 6.55. The summed E-state index contributed by atoms with van der Waals surface area (Å²) in [5.74, 6) is 4.12. The van der Waals surface area contributed by atoms with Crippen LogP contribution >= 0.6 is 0 Å². The minimum atomic E-state index is 0.397. The number of carbonyl (C=O) groups excluding carboxylic acids is 1. The molecule has 15 heavy (non-hydrogen) atoms. The molecular weight excluding hydrogens is 184 g/mol. The highest BCUT2D eigenvalue weighted by atomic mass is 16.1. The van der Waals surface area contributed by atoms with E-state index in [-0.39, 0.29) is 0 Å². The Morgan fingerprint density at radius 2 is 1.73 bits per heavy atom. The highest BCUT2D eigenvalue weighted by Crippen LogP contribution is 2.48. The Labute approximate surface area is 93.6 Å². The van der Waals surface area contributed by atoms with Crippen LogP contribution in [0.2, 0.25) is 0 Å². The molecular formula is C14H24O. The van der Waals surface area contributed by atoms with Crippen molar-refractivity contribution < 1.29 is 4.79 Å². The van der Waals surface area contributed by atoms with E-state index in [4.69, 9.17) is 0 Å². The van der Waals surface area contributed by atoms with E-state index in [1.807, 2.05) is 0 Å². The van der Waals surface area contributed by atoms with Gasteiger partial charge in [-0.2, -0.15) is 0 Å². The Morgan fingerprint density at radius 1 is 1.00 bits per heavy atom. The SMILES string of the molecule is CC(=O)[C@H]1CC[C@H](C)[C@@H]2CC[C@@H](C)C[C@H]21. The molecule has 0 radical (unpaired) electrons. The van der Waals surface area contributed by atoms with Gasteiger partial charge < -0.3 is 0 Å². The first-order valence-electron chi connectivity index (χ1n) is 6.60. The zero-order valence-corrected chi connectivity index (χ0v) is 10.3. The van der Waals surface area contributed by atoms with Gasteiger partial charge in [-0.3, -0.25) is 4.79 Å². The second kappa shape index (κ2) is 4.27. The van der Waals surface area contributed by atoms with E-state index < -0.39 is 0 Å². The van der Waals surface area contributed by atoms with Gasteiger partial charge in [-0.25, -0.2) is 0 Å². The molecule has 0 aromatic rings. The van der Waals surface area contributed by atoms with Crippen molar-refractivity contribution in [3.05, 3.63) is 0 Å². The Hall–Kier alpha value is -0.330. The van der Waals surface area contributed by atoms with Gasteiger partial charge >= 0.3 is 0 Å². The third-order valence-corrected chi connectivity index (χ3v) is 4.92. The van der Waals surface area contributed by atoms with E-state index in [0.29, 0.717) is 11.7 Å². The van der Waals surface area contributed by atoms with Crippen molar-refractivity contribution in [2.75, 3.05) is 0 Å². The maximum absolute atomic E-state index is 11.7. The number of ketones is 1. The van der Waals surface area contributed by atoms with E-state index in [0.717, 1.165) is 30.1 Å². The number of fused-ring (bicyclic) bond motifs is 1. The summed E-state index contributed by atoms with van der Waals surface area (Å²) in [4.78, 5) is 11.7. The molecule has 0 aliphatic heterocycles. The molecule has 2 aliphatic rings.